The quantitative estimate of drug-likeness (QED) is 0.0753. The van der Waals surface area contributed by atoms with Gasteiger partial charge in [-0.2, -0.15) is 0 Å². The van der Waals surface area contributed by atoms with Crippen LogP contribution in [0.3, 0.4) is 0 Å². The van der Waals surface area contributed by atoms with E-state index in [0.29, 0.717) is 39.8 Å². The molecule has 5 aromatic carbocycles. The molecule has 0 saturated heterocycles. The van der Waals surface area contributed by atoms with Gasteiger partial charge < -0.3 is 25.8 Å². The van der Waals surface area contributed by atoms with Gasteiger partial charge in [-0.25, -0.2) is 4.79 Å². The number of carboxylic acids is 1. The molecule has 3 amide bonds. The summed E-state index contributed by atoms with van der Waals surface area (Å²) in [5.74, 6) is -1.72. The fourth-order valence-electron chi connectivity index (χ4n) is 4.59. The molecule has 0 heterocycles. The van der Waals surface area contributed by atoms with Gasteiger partial charge in [-0.05, 0) is 84.8 Å². The molecule has 0 spiro atoms. The van der Waals surface area contributed by atoms with Crippen LogP contribution in [0, 0.1) is 0 Å². The third-order valence-electron chi connectivity index (χ3n) is 7.12. The summed E-state index contributed by atoms with van der Waals surface area (Å²) >= 11 is 1.27. The zero-order chi connectivity index (χ0) is 34.6. The SMILES string of the molecule is CC(Sc1cccc(NC(=O)/C(=C/c2ccc(OCc3ccccc3)cc2)NC(=O)c2ccccc2)c1)C(=O)Nc1cccc(C(=O)O)c1. The van der Waals surface area contributed by atoms with E-state index in [1.807, 2.05) is 36.4 Å². The Hall–Kier alpha value is -6.13. The van der Waals surface area contributed by atoms with E-state index >= 15 is 0 Å². The van der Waals surface area contributed by atoms with Crippen LogP contribution in [0.25, 0.3) is 6.08 Å². The molecule has 5 aromatic rings. The van der Waals surface area contributed by atoms with Crippen molar-refractivity contribution in [3.63, 3.8) is 0 Å². The summed E-state index contributed by atoms with van der Waals surface area (Å²) in [7, 11) is 0. The zero-order valence-electron chi connectivity index (χ0n) is 26.5. The first-order chi connectivity index (χ1) is 23.7. The van der Waals surface area contributed by atoms with Crippen molar-refractivity contribution < 1.29 is 29.0 Å². The van der Waals surface area contributed by atoms with Crippen molar-refractivity contribution in [2.45, 2.75) is 23.7 Å². The number of hydrogen-bond donors (Lipinski definition) is 4. The Morgan fingerprint density at radius 3 is 2.06 bits per heavy atom. The molecule has 0 aliphatic rings. The standard InChI is InChI=1S/C39H33N3O6S/c1-26(36(43)40-31-15-8-14-30(23-31)39(46)47)49-34-17-9-16-32(24-34)41-38(45)35(42-37(44)29-12-6-3-7-13-29)22-27-18-20-33(21-19-27)48-25-28-10-4-2-5-11-28/h2-24,26H,25H2,1H3,(H,40,43)(H,41,45)(H,42,44)(H,46,47)/b35-22-. The maximum absolute atomic E-state index is 13.6. The summed E-state index contributed by atoms with van der Waals surface area (Å²) < 4.78 is 5.88. The Morgan fingerprint density at radius 2 is 1.37 bits per heavy atom. The summed E-state index contributed by atoms with van der Waals surface area (Å²) in [6.07, 6.45) is 1.58. The molecule has 0 bridgehead atoms. The van der Waals surface area contributed by atoms with E-state index in [1.165, 1.54) is 23.9 Å². The minimum atomic E-state index is -1.09. The molecule has 49 heavy (non-hydrogen) atoms. The lowest BCUT2D eigenvalue weighted by atomic mass is 10.1. The molecule has 0 radical (unpaired) electrons. The Morgan fingerprint density at radius 1 is 0.735 bits per heavy atom. The summed E-state index contributed by atoms with van der Waals surface area (Å²) in [5.41, 5.74) is 3.04. The normalized spacial score (nSPS) is 11.6. The fourth-order valence-corrected chi connectivity index (χ4v) is 5.51. The average molecular weight is 672 g/mol. The maximum Gasteiger partial charge on any atom is 0.335 e. The van der Waals surface area contributed by atoms with Crippen LogP contribution in [0.1, 0.15) is 38.8 Å². The van der Waals surface area contributed by atoms with Gasteiger partial charge in [-0.3, -0.25) is 14.4 Å². The van der Waals surface area contributed by atoms with Gasteiger partial charge in [0.1, 0.15) is 18.1 Å². The largest absolute Gasteiger partial charge is 0.489 e. The van der Waals surface area contributed by atoms with Gasteiger partial charge in [0.15, 0.2) is 0 Å². The van der Waals surface area contributed by atoms with Crippen molar-refractivity contribution in [2.75, 3.05) is 10.6 Å². The molecular weight excluding hydrogens is 639 g/mol. The average Bonchev–Trinajstić information content (AvgIpc) is 3.12. The highest BCUT2D eigenvalue weighted by Gasteiger charge is 2.18. The van der Waals surface area contributed by atoms with Crippen LogP contribution in [-0.2, 0) is 16.2 Å². The van der Waals surface area contributed by atoms with Gasteiger partial charge >= 0.3 is 5.97 Å². The molecule has 0 aromatic heterocycles. The van der Waals surface area contributed by atoms with E-state index in [2.05, 4.69) is 16.0 Å². The highest BCUT2D eigenvalue weighted by molar-refractivity contribution is 8.00. The maximum atomic E-state index is 13.6. The second-order valence-electron chi connectivity index (χ2n) is 10.8. The number of nitrogens with one attached hydrogen (secondary N) is 3. The molecular formula is C39H33N3O6S. The molecule has 9 nitrogen and oxygen atoms in total. The first-order valence-electron chi connectivity index (χ1n) is 15.3. The number of carbonyl (C=O) groups is 4. The summed E-state index contributed by atoms with van der Waals surface area (Å²) in [6, 6.07) is 38.6. The molecule has 0 aliphatic carbocycles. The molecule has 1 unspecified atom stereocenters. The van der Waals surface area contributed by atoms with Gasteiger partial charge in [-0.15, -0.1) is 11.8 Å². The van der Waals surface area contributed by atoms with Gasteiger partial charge in [0.05, 0.1) is 10.8 Å². The number of carboxylic acid groups (broad SMARTS) is 1. The van der Waals surface area contributed by atoms with Crippen LogP contribution >= 0.6 is 11.8 Å². The number of amides is 3. The van der Waals surface area contributed by atoms with Crippen LogP contribution < -0.4 is 20.7 Å². The highest BCUT2D eigenvalue weighted by atomic mass is 32.2. The van der Waals surface area contributed by atoms with Gasteiger partial charge in [0, 0.05) is 21.8 Å². The number of hydrogen-bond acceptors (Lipinski definition) is 6. The number of aromatic carboxylic acids is 1. The van der Waals surface area contributed by atoms with E-state index in [4.69, 9.17) is 4.74 Å². The van der Waals surface area contributed by atoms with Gasteiger partial charge in [0.2, 0.25) is 5.91 Å². The summed E-state index contributed by atoms with van der Waals surface area (Å²) in [5, 5.41) is 17.0. The van der Waals surface area contributed by atoms with Crippen LogP contribution in [0.5, 0.6) is 5.75 Å². The minimum absolute atomic E-state index is 0.0289. The molecule has 0 saturated carbocycles. The molecule has 5 rings (SSSR count). The van der Waals surface area contributed by atoms with E-state index < -0.39 is 23.0 Å². The molecule has 0 fully saturated rings. The topological polar surface area (TPSA) is 134 Å². The molecule has 0 aliphatic heterocycles. The van der Waals surface area contributed by atoms with E-state index in [0.717, 1.165) is 5.56 Å². The molecule has 10 heteroatoms. The monoisotopic (exact) mass is 671 g/mol. The summed E-state index contributed by atoms with van der Waals surface area (Å²) in [6.45, 7) is 2.14. The number of rotatable bonds is 13. The second-order valence-corrected chi connectivity index (χ2v) is 12.3. The Bertz CT molecular complexity index is 1960. The smallest absolute Gasteiger partial charge is 0.335 e. The summed E-state index contributed by atoms with van der Waals surface area (Å²) in [4.78, 5) is 51.5. The minimum Gasteiger partial charge on any atom is -0.489 e. The van der Waals surface area contributed by atoms with Crippen molar-refractivity contribution >= 4 is 52.9 Å². The van der Waals surface area contributed by atoms with Gasteiger partial charge in [0.25, 0.3) is 11.8 Å². The number of carbonyl (C=O) groups excluding carboxylic acids is 3. The van der Waals surface area contributed by atoms with Crippen LogP contribution in [0.15, 0.2) is 144 Å². The predicted molar refractivity (Wildman–Crippen MR) is 192 cm³/mol. The van der Waals surface area contributed by atoms with E-state index in [-0.39, 0.29) is 17.2 Å². The fraction of sp³-hybridized carbons (Fsp3) is 0.0769. The Kier molecular flexibility index (Phi) is 11.6. The highest BCUT2D eigenvalue weighted by Crippen LogP contribution is 2.27. The predicted octanol–water partition coefficient (Wildman–Crippen LogP) is 7.49. The number of ether oxygens (including phenoxy) is 1. The molecule has 246 valence electrons. The Balaban J connectivity index is 1.28. The molecule has 1 atom stereocenters. The lowest BCUT2D eigenvalue weighted by Crippen LogP contribution is -2.30. The van der Waals surface area contributed by atoms with E-state index in [1.54, 1.807) is 97.9 Å². The van der Waals surface area contributed by atoms with Crippen LogP contribution in [-0.4, -0.2) is 34.0 Å². The lowest BCUT2D eigenvalue weighted by molar-refractivity contribution is -0.115. The van der Waals surface area contributed by atoms with Crippen molar-refractivity contribution in [2.24, 2.45) is 0 Å². The van der Waals surface area contributed by atoms with Crippen LogP contribution in [0.2, 0.25) is 0 Å². The van der Waals surface area contributed by atoms with Crippen molar-refractivity contribution in [1.82, 2.24) is 5.32 Å². The third kappa shape index (κ3) is 10.2. The molecule has 4 N–H and O–H groups in total. The second kappa shape index (κ2) is 16.6. The van der Waals surface area contributed by atoms with Gasteiger partial charge in [-0.1, -0.05) is 72.8 Å². The lowest BCUT2D eigenvalue weighted by Gasteiger charge is -2.14. The first kappa shape index (κ1) is 34.2. The van der Waals surface area contributed by atoms with E-state index in [9.17, 15) is 24.3 Å². The number of benzene rings is 5. The Labute approximate surface area is 288 Å². The van der Waals surface area contributed by atoms with Crippen LogP contribution in [0.4, 0.5) is 11.4 Å². The first-order valence-corrected chi connectivity index (χ1v) is 16.2. The van der Waals surface area contributed by atoms with Crippen molar-refractivity contribution in [1.29, 1.82) is 0 Å². The number of thioether (sulfide) groups is 1. The van der Waals surface area contributed by atoms with Crippen molar-refractivity contribution in [3.05, 3.63) is 161 Å². The zero-order valence-corrected chi connectivity index (χ0v) is 27.3. The van der Waals surface area contributed by atoms with Crippen molar-refractivity contribution in [3.8, 4) is 5.75 Å². The number of anilines is 2. The third-order valence-corrected chi connectivity index (χ3v) is 8.21.